The molecule has 0 radical (unpaired) electrons. The second-order valence-corrected chi connectivity index (χ2v) is 5.79. The van der Waals surface area contributed by atoms with Crippen LogP contribution in [0.25, 0.3) is 0 Å². The summed E-state index contributed by atoms with van der Waals surface area (Å²) in [6.45, 7) is 0.395. The topological polar surface area (TPSA) is 62.1 Å². The summed E-state index contributed by atoms with van der Waals surface area (Å²) < 4.78 is 5.77. The third kappa shape index (κ3) is 4.71. The van der Waals surface area contributed by atoms with Crippen LogP contribution in [0.1, 0.15) is 21.5 Å². The summed E-state index contributed by atoms with van der Waals surface area (Å²) in [6, 6.07) is 26.3. The molecule has 0 aromatic heterocycles. The fourth-order valence-corrected chi connectivity index (χ4v) is 2.49. The van der Waals surface area contributed by atoms with Crippen molar-refractivity contribution in [2.24, 2.45) is 0 Å². The van der Waals surface area contributed by atoms with Crippen LogP contribution in [-0.2, 0) is 13.0 Å². The van der Waals surface area contributed by atoms with Gasteiger partial charge in [-0.15, -0.1) is 0 Å². The fourth-order valence-electron chi connectivity index (χ4n) is 2.49. The maximum absolute atomic E-state index is 12.2. The van der Waals surface area contributed by atoms with Crippen molar-refractivity contribution in [3.63, 3.8) is 0 Å². The van der Waals surface area contributed by atoms with E-state index in [9.17, 15) is 4.79 Å². The van der Waals surface area contributed by atoms with Crippen LogP contribution in [0.4, 0.5) is 5.69 Å². The minimum absolute atomic E-state index is 0.142. The van der Waals surface area contributed by atoms with Crippen LogP contribution < -0.4 is 10.1 Å². The molecule has 0 aliphatic rings. The first-order valence-electron chi connectivity index (χ1n) is 8.28. The van der Waals surface area contributed by atoms with Gasteiger partial charge in [-0.05, 0) is 47.5 Å². The van der Waals surface area contributed by atoms with Crippen molar-refractivity contribution in [2.75, 3.05) is 5.32 Å². The Bertz CT molecular complexity index is 913. The highest BCUT2D eigenvalue weighted by molar-refractivity contribution is 6.04. The zero-order chi connectivity index (χ0) is 18.2. The van der Waals surface area contributed by atoms with E-state index in [1.54, 1.807) is 12.1 Å². The molecule has 0 bridgehead atoms. The molecule has 0 aliphatic heterocycles. The van der Waals surface area contributed by atoms with Crippen LogP contribution in [0.15, 0.2) is 78.9 Å². The van der Waals surface area contributed by atoms with Crippen LogP contribution in [-0.4, -0.2) is 5.91 Å². The van der Waals surface area contributed by atoms with Gasteiger partial charge in [-0.2, -0.15) is 5.26 Å². The Morgan fingerprint density at radius 3 is 2.42 bits per heavy atom. The van der Waals surface area contributed by atoms with Gasteiger partial charge < -0.3 is 10.1 Å². The molecule has 0 spiro atoms. The molecule has 0 aliphatic carbocycles. The van der Waals surface area contributed by atoms with Crippen molar-refractivity contribution in [1.29, 1.82) is 5.26 Å². The van der Waals surface area contributed by atoms with Crippen molar-refractivity contribution in [1.82, 2.24) is 0 Å². The van der Waals surface area contributed by atoms with Crippen molar-refractivity contribution >= 4 is 11.6 Å². The molecule has 0 atom stereocenters. The number of hydrogen-bond donors (Lipinski definition) is 1. The molecule has 4 nitrogen and oxygen atoms in total. The van der Waals surface area contributed by atoms with Gasteiger partial charge in [0.2, 0.25) is 0 Å². The number of carbonyl (C=O) groups excluding carboxylic acids is 1. The fraction of sp³-hybridized carbons (Fsp3) is 0.0909. The Morgan fingerprint density at radius 1 is 0.923 bits per heavy atom. The molecule has 128 valence electrons. The molecule has 3 aromatic carbocycles. The number of hydrogen-bond acceptors (Lipinski definition) is 3. The lowest BCUT2D eigenvalue weighted by molar-refractivity contribution is 0.102. The SMILES string of the molecule is N#CCc1ccc(OCc2cccc(NC(=O)c3ccccc3)c2)cc1. The first-order chi connectivity index (χ1) is 12.7. The smallest absolute Gasteiger partial charge is 0.255 e. The summed E-state index contributed by atoms with van der Waals surface area (Å²) in [6.07, 6.45) is 0.392. The molecule has 3 rings (SSSR count). The molecule has 0 unspecified atom stereocenters. The van der Waals surface area contributed by atoms with Gasteiger partial charge in [0, 0.05) is 11.3 Å². The number of ether oxygens (including phenoxy) is 1. The molecule has 0 fully saturated rings. The Morgan fingerprint density at radius 2 is 1.69 bits per heavy atom. The minimum Gasteiger partial charge on any atom is -0.489 e. The number of nitrogens with one attached hydrogen (secondary N) is 1. The van der Waals surface area contributed by atoms with Gasteiger partial charge in [-0.25, -0.2) is 0 Å². The van der Waals surface area contributed by atoms with Crippen molar-refractivity contribution in [3.05, 3.63) is 95.6 Å². The second-order valence-electron chi connectivity index (χ2n) is 5.79. The Labute approximate surface area is 152 Å². The van der Waals surface area contributed by atoms with Crippen LogP contribution in [0.5, 0.6) is 5.75 Å². The lowest BCUT2D eigenvalue weighted by Gasteiger charge is -2.09. The van der Waals surface area contributed by atoms with Gasteiger partial charge in [0.15, 0.2) is 0 Å². The minimum atomic E-state index is -0.142. The highest BCUT2D eigenvalue weighted by Gasteiger charge is 2.06. The van der Waals surface area contributed by atoms with Crippen LogP contribution in [0, 0.1) is 11.3 Å². The van der Waals surface area contributed by atoms with E-state index in [1.165, 1.54) is 0 Å². The molecule has 3 aromatic rings. The molecule has 0 saturated carbocycles. The number of rotatable bonds is 6. The van der Waals surface area contributed by atoms with Gasteiger partial charge in [-0.3, -0.25) is 4.79 Å². The highest BCUT2D eigenvalue weighted by atomic mass is 16.5. The maximum Gasteiger partial charge on any atom is 0.255 e. The largest absolute Gasteiger partial charge is 0.489 e. The van der Waals surface area contributed by atoms with E-state index >= 15 is 0 Å². The average Bonchev–Trinajstić information content (AvgIpc) is 2.69. The van der Waals surface area contributed by atoms with E-state index in [0.29, 0.717) is 18.6 Å². The van der Waals surface area contributed by atoms with Crippen LogP contribution in [0.3, 0.4) is 0 Å². The van der Waals surface area contributed by atoms with Crippen LogP contribution in [0.2, 0.25) is 0 Å². The summed E-state index contributed by atoms with van der Waals surface area (Å²) in [5, 5.41) is 11.6. The summed E-state index contributed by atoms with van der Waals surface area (Å²) in [5.74, 6) is 0.599. The zero-order valence-corrected chi connectivity index (χ0v) is 14.2. The molecule has 26 heavy (non-hydrogen) atoms. The Balaban J connectivity index is 1.60. The van der Waals surface area contributed by atoms with Crippen LogP contribution >= 0.6 is 0 Å². The number of carbonyl (C=O) groups is 1. The standard InChI is InChI=1S/C22H18N2O2/c23-14-13-17-9-11-21(12-10-17)26-16-18-5-4-8-20(15-18)24-22(25)19-6-2-1-3-7-19/h1-12,15H,13,16H2,(H,24,25). The maximum atomic E-state index is 12.2. The third-order valence-electron chi connectivity index (χ3n) is 3.83. The monoisotopic (exact) mass is 342 g/mol. The Hall–Kier alpha value is -3.58. The lowest BCUT2D eigenvalue weighted by Crippen LogP contribution is -2.11. The summed E-state index contributed by atoms with van der Waals surface area (Å²) in [7, 11) is 0. The van der Waals surface area contributed by atoms with Gasteiger partial charge in [0.1, 0.15) is 12.4 Å². The average molecular weight is 342 g/mol. The molecule has 4 heteroatoms. The molecule has 0 saturated heterocycles. The quantitative estimate of drug-likeness (QED) is 0.713. The molecular formula is C22H18N2O2. The van der Waals surface area contributed by atoms with Crippen molar-refractivity contribution in [2.45, 2.75) is 13.0 Å². The van der Waals surface area contributed by atoms with Gasteiger partial charge in [0.25, 0.3) is 5.91 Å². The first kappa shape index (κ1) is 17.2. The van der Waals surface area contributed by atoms with E-state index < -0.39 is 0 Å². The Kier molecular flexibility index (Phi) is 5.64. The predicted molar refractivity (Wildman–Crippen MR) is 101 cm³/mol. The second kappa shape index (κ2) is 8.50. The molecule has 0 heterocycles. The van der Waals surface area contributed by atoms with E-state index in [2.05, 4.69) is 11.4 Å². The summed E-state index contributed by atoms with van der Waals surface area (Å²) in [4.78, 5) is 12.2. The van der Waals surface area contributed by atoms with Gasteiger partial charge in [-0.1, -0.05) is 42.5 Å². The number of benzene rings is 3. The first-order valence-corrected chi connectivity index (χ1v) is 8.28. The number of nitriles is 1. The van der Waals surface area contributed by atoms with Gasteiger partial charge >= 0.3 is 0 Å². The van der Waals surface area contributed by atoms with E-state index in [1.807, 2.05) is 66.7 Å². The van der Waals surface area contributed by atoms with E-state index in [-0.39, 0.29) is 5.91 Å². The van der Waals surface area contributed by atoms with Gasteiger partial charge in [0.05, 0.1) is 12.5 Å². The lowest BCUT2D eigenvalue weighted by atomic mass is 10.1. The van der Waals surface area contributed by atoms with Crippen molar-refractivity contribution < 1.29 is 9.53 Å². The number of anilines is 1. The van der Waals surface area contributed by atoms with E-state index in [0.717, 1.165) is 22.6 Å². The normalized spacial score (nSPS) is 9.96. The zero-order valence-electron chi connectivity index (χ0n) is 14.2. The van der Waals surface area contributed by atoms with Crippen molar-refractivity contribution in [3.8, 4) is 11.8 Å². The third-order valence-corrected chi connectivity index (χ3v) is 3.83. The highest BCUT2D eigenvalue weighted by Crippen LogP contribution is 2.17. The predicted octanol–water partition coefficient (Wildman–Crippen LogP) is 4.58. The summed E-state index contributed by atoms with van der Waals surface area (Å²) in [5.41, 5.74) is 3.26. The number of nitrogens with zero attached hydrogens (tertiary/aromatic N) is 1. The molecule has 1 amide bonds. The van der Waals surface area contributed by atoms with E-state index in [4.69, 9.17) is 10.00 Å². The summed E-state index contributed by atoms with van der Waals surface area (Å²) >= 11 is 0. The molecule has 1 N–H and O–H groups in total. The molecular weight excluding hydrogens is 324 g/mol. The number of amides is 1.